The Kier molecular flexibility index (Phi) is 2.49. The van der Waals surface area contributed by atoms with E-state index in [4.69, 9.17) is 0 Å². The van der Waals surface area contributed by atoms with Gasteiger partial charge in [-0.15, -0.1) is 0 Å². The van der Waals surface area contributed by atoms with Gasteiger partial charge in [-0.3, -0.25) is 9.59 Å². The first-order valence-corrected chi connectivity index (χ1v) is 5.96. The van der Waals surface area contributed by atoms with Crippen molar-refractivity contribution in [3.05, 3.63) is 0 Å². The van der Waals surface area contributed by atoms with E-state index in [2.05, 4.69) is 36.6 Å². The van der Waals surface area contributed by atoms with E-state index in [9.17, 15) is 9.59 Å². The van der Waals surface area contributed by atoms with Gasteiger partial charge in [0.25, 0.3) is 0 Å². The minimum atomic E-state index is -0.348. The lowest BCUT2D eigenvalue weighted by atomic mass is 9.81. The van der Waals surface area contributed by atoms with Gasteiger partial charge in [0.15, 0.2) is 0 Å². The van der Waals surface area contributed by atoms with Crippen LogP contribution >= 0.6 is 31.9 Å². The second kappa shape index (κ2) is 3.35. The molecule has 0 spiro atoms. The van der Waals surface area contributed by atoms with E-state index in [0.29, 0.717) is 12.8 Å². The lowest BCUT2D eigenvalue weighted by molar-refractivity contribution is -0.153. The van der Waals surface area contributed by atoms with Crippen LogP contribution in [0.2, 0.25) is 0 Å². The molecule has 1 heterocycles. The van der Waals surface area contributed by atoms with E-state index in [0.717, 1.165) is 0 Å². The molecule has 1 saturated heterocycles. The van der Waals surface area contributed by atoms with Crippen molar-refractivity contribution in [2.75, 3.05) is 0 Å². The summed E-state index contributed by atoms with van der Waals surface area (Å²) in [5.74, 6) is -1.13. The van der Waals surface area contributed by atoms with Gasteiger partial charge in [0.2, 0.25) is 0 Å². The normalized spacial score (nSPS) is 44.5. The quantitative estimate of drug-likeness (QED) is 0.388. The third kappa shape index (κ3) is 1.56. The molecule has 2 unspecified atom stereocenters. The third-order valence-electron chi connectivity index (χ3n) is 2.64. The van der Waals surface area contributed by atoms with Gasteiger partial charge in [0, 0.05) is 9.65 Å². The molecule has 1 aliphatic carbocycles. The molecule has 2 rings (SSSR count). The Hall–Kier alpha value is 0.1000. The Morgan fingerprint density at radius 1 is 1.00 bits per heavy atom. The highest BCUT2D eigenvalue weighted by atomic mass is 79.9. The van der Waals surface area contributed by atoms with Crippen molar-refractivity contribution in [2.24, 2.45) is 11.8 Å². The highest BCUT2D eigenvalue weighted by molar-refractivity contribution is 9.12. The van der Waals surface area contributed by atoms with Crippen molar-refractivity contribution in [3.63, 3.8) is 0 Å². The summed E-state index contributed by atoms with van der Waals surface area (Å²) in [6.07, 6.45) is 1.37. The summed E-state index contributed by atoms with van der Waals surface area (Å²) in [4.78, 5) is 22.9. The molecule has 0 aromatic carbocycles. The van der Waals surface area contributed by atoms with Crippen LogP contribution in [0.15, 0.2) is 0 Å². The number of alkyl halides is 2. The SMILES string of the molecule is O=C1OC(=O)[C@@H]2CC(Br)C(Br)C[C@@H]12. The fourth-order valence-electron chi connectivity index (χ4n) is 1.88. The van der Waals surface area contributed by atoms with Gasteiger partial charge in [-0.1, -0.05) is 31.9 Å². The lowest BCUT2D eigenvalue weighted by Crippen LogP contribution is -2.34. The average molecular weight is 312 g/mol. The highest BCUT2D eigenvalue weighted by Crippen LogP contribution is 2.41. The summed E-state index contributed by atoms with van der Waals surface area (Å²) in [6.45, 7) is 0. The molecule has 1 aliphatic heterocycles. The second-order valence-corrected chi connectivity index (χ2v) is 5.81. The van der Waals surface area contributed by atoms with Gasteiger partial charge in [0.05, 0.1) is 11.8 Å². The third-order valence-corrected chi connectivity index (χ3v) is 5.38. The molecule has 2 aliphatic rings. The molecule has 1 saturated carbocycles. The minimum absolute atomic E-state index is 0.217. The molecular formula is C8H8Br2O3. The zero-order valence-electron chi connectivity index (χ0n) is 6.70. The molecule has 0 aromatic heterocycles. The summed E-state index contributed by atoms with van der Waals surface area (Å²) >= 11 is 6.94. The number of hydrogen-bond acceptors (Lipinski definition) is 3. The Balaban J connectivity index is 2.19. The maximum absolute atomic E-state index is 11.2. The van der Waals surface area contributed by atoms with Gasteiger partial charge in [0.1, 0.15) is 0 Å². The summed E-state index contributed by atoms with van der Waals surface area (Å²) in [5.41, 5.74) is 0. The predicted molar refractivity (Wildman–Crippen MR) is 52.7 cm³/mol. The average Bonchev–Trinajstić information content (AvgIpc) is 2.31. The highest BCUT2D eigenvalue weighted by Gasteiger charge is 2.49. The van der Waals surface area contributed by atoms with Gasteiger partial charge >= 0.3 is 11.9 Å². The molecule has 72 valence electrons. The molecule has 2 fully saturated rings. The monoisotopic (exact) mass is 310 g/mol. The molecule has 0 N–H and O–H groups in total. The number of halogens is 2. The van der Waals surface area contributed by atoms with E-state index in [1.165, 1.54) is 0 Å². The molecular weight excluding hydrogens is 304 g/mol. The molecule has 13 heavy (non-hydrogen) atoms. The Morgan fingerprint density at radius 2 is 1.38 bits per heavy atom. The minimum Gasteiger partial charge on any atom is -0.393 e. The number of rotatable bonds is 0. The van der Waals surface area contributed by atoms with E-state index < -0.39 is 0 Å². The summed E-state index contributed by atoms with van der Waals surface area (Å²) in [6, 6.07) is 0. The standard InChI is InChI=1S/C8H8Br2O3/c9-5-1-3-4(2-6(5)10)8(12)13-7(3)11/h3-6H,1-2H2/t3-,4-,5?,6?/m1/s1. The molecule has 5 heteroatoms. The van der Waals surface area contributed by atoms with Crippen LogP contribution in [0.5, 0.6) is 0 Å². The molecule has 0 aromatic rings. The molecule has 0 bridgehead atoms. The van der Waals surface area contributed by atoms with Gasteiger partial charge in [-0.2, -0.15) is 0 Å². The van der Waals surface area contributed by atoms with Crippen molar-refractivity contribution in [2.45, 2.75) is 22.5 Å². The summed E-state index contributed by atoms with van der Waals surface area (Å²) in [5, 5.41) is 0. The molecule has 0 amide bonds. The lowest BCUT2D eigenvalue weighted by Gasteiger charge is -2.28. The van der Waals surface area contributed by atoms with E-state index >= 15 is 0 Å². The Bertz CT molecular complexity index is 240. The maximum Gasteiger partial charge on any atom is 0.317 e. The Labute approximate surface area is 92.5 Å². The maximum atomic E-state index is 11.2. The van der Waals surface area contributed by atoms with Crippen molar-refractivity contribution in [3.8, 4) is 0 Å². The van der Waals surface area contributed by atoms with Crippen LogP contribution in [-0.4, -0.2) is 21.6 Å². The van der Waals surface area contributed by atoms with Crippen LogP contribution < -0.4 is 0 Å². The molecule has 4 atom stereocenters. The van der Waals surface area contributed by atoms with Gasteiger partial charge in [-0.25, -0.2) is 0 Å². The van der Waals surface area contributed by atoms with Crippen LogP contribution in [0.4, 0.5) is 0 Å². The van der Waals surface area contributed by atoms with Crippen molar-refractivity contribution >= 4 is 43.8 Å². The number of fused-ring (bicyclic) bond motifs is 1. The number of carbonyl (C=O) groups is 2. The largest absolute Gasteiger partial charge is 0.393 e. The first-order chi connectivity index (χ1) is 6.09. The van der Waals surface area contributed by atoms with Crippen molar-refractivity contribution in [1.29, 1.82) is 0 Å². The van der Waals surface area contributed by atoms with E-state index in [1.807, 2.05) is 0 Å². The first kappa shape index (κ1) is 9.65. The number of hydrogen-bond donors (Lipinski definition) is 0. The Morgan fingerprint density at radius 3 is 1.77 bits per heavy atom. The van der Waals surface area contributed by atoms with E-state index in [1.54, 1.807) is 0 Å². The van der Waals surface area contributed by atoms with Gasteiger partial charge in [-0.05, 0) is 12.8 Å². The van der Waals surface area contributed by atoms with E-state index in [-0.39, 0.29) is 33.4 Å². The second-order valence-electron chi connectivity index (χ2n) is 3.46. The summed E-state index contributed by atoms with van der Waals surface area (Å²) in [7, 11) is 0. The number of ether oxygens (including phenoxy) is 1. The number of cyclic esters (lactones) is 2. The van der Waals surface area contributed by atoms with Crippen LogP contribution in [0, 0.1) is 11.8 Å². The smallest absolute Gasteiger partial charge is 0.317 e. The number of esters is 2. The predicted octanol–water partition coefficient (Wildman–Crippen LogP) is 1.62. The number of carbonyl (C=O) groups excluding carboxylic acids is 2. The van der Waals surface area contributed by atoms with Crippen molar-refractivity contribution in [1.82, 2.24) is 0 Å². The zero-order valence-corrected chi connectivity index (χ0v) is 9.88. The van der Waals surface area contributed by atoms with Crippen LogP contribution in [0.1, 0.15) is 12.8 Å². The van der Waals surface area contributed by atoms with Gasteiger partial charge < -0.3 is 4.74 Å². The van der Waals surface area contributed by atoms with Crippen LogP contribution in [0.3, 0.4) is 0 Å². The zero-order chi connectivity index (χ0) is 9.59. The first-order valence-electron chi connectivity index (χ1n) is 4.13. The fraction of sp³-hybridized carbons (Fsp3) is 0.750. The molecule has 0 radical (unpaired) electrons. The summed E-state index contributed by atoms with van der Waals surface area (Å²) < 4.78 is 4.59. The van der Waals surface area contributed by atoms with Crippen LogP contribution in [0.25, 0.3) is 0 Å². The fourth-order valence-corrected chi connectivity index (χ4v) is 3.12. The molecule has 3 nitrogen and oxygen atoms in total. The van der Waals surface area contributed by atoms with Crippen molar-refractivity contribution < 1.29 is 14.3 Å². The topological polar surface area (TPSA) is 43.4 Å². The van der Waals surface area contributed by atoms with Crippen LogP contribution in [-0.2, 0) is 14.3 Å².